The Kier molecular flexibility index (Phi) is 5.05. The first kappa shape index (κ1) is 19.3. The maximum atomic E-state index is 12.3. The van der Waals surface area contributed by atoms with Gasteiger partial charge in [0, 0.05) is 47.7 Å². The number of aromatic amines is 1. The molecule has 5 nitrogen and oxygen atoms in total. The van der Waals surface area contributed by atoms with Crippen molar-refractivity contribution in [3.05, 3.63) is 71.4 Å². The quantitative estimate of drug-likeness (QED) is 0.571. The van der Waals surface area contributed by atoms with Crippen molar-refractivity contribution in [1.82, 2.24) is 20.5 Å². The lowest BCUT2D eigenvalue weighted by Gasteiger charge is -2.45. The number of amides is 1. The molecule has 1 fully saturated rings. The number of fused-ring (bicyclic) bond motifs is 2. The standard InChI is InChI=1S/C24H26N4OS/c1-28-14-15(12-26-24(30)27-23(29)16-6-3-2-4-7-16)10-19-18-8-5-9-20-22(18)17(13-25-20)11-21(19)28/h2-9,13,15,19,21,25H,10-12,14H2,1H3,(H2,26,27,29,30)/t15-,19?,21-/m1/s1. The van der Waals surface area contributed by atoms with Crippen LogP contribution in [0, 0.1) is 5.92 Å². The molecule has 3 N–H and O–H groups in total. The molecule has 1 saturated heterocycles. The number of H-pyrrole nitrogens is 1. The SMILES string of the molecule is CN1C[C@@H](CNC(=S)NC(=O)c2ccccc2)CC2c3cccc4[nH]cc(c34)C[C@H]21. The van der Waals surface area contributed by atoms with Crippen molar-refractivity contribution >= 4 is 34.1 Å². The average molecular weight is 419 g/mol. The van der Waals surface area contributed by atoms with E-state index in [9.17, 15) is 4.79 Å². The number of nitrogens with one attached hydrogen (secondary N) is 3. The Labute approximate surface area is 181 Å². The third-order valence-corrected chi connectivity index (χ3v) is 6.87. The lowest BCUT2D eigenvalue weighted by molar-refractivity contribution is 0.0975. The van der Waals surface area contributed by atoms with E-state index in [1.807, 2.05) is 18.2 Å². The number of likely N-dealkylation sites (tertiary alicyclic amines) is 1. The molecule has 6 heteroatoms. The third-order valence-electron chi connectivity index (χ3n) is 6.63. The summed E-state index contributed by atoms with van der Waals surface area (Å²) in [6.45, 7) is 1.79. The number of piperidine rings is 1. The van der Waals surface area contributed by atoms with Gasteiger partial charge in [-0.3, -0.25) is 10.1 Å². The normalized spacial score (nSPS) is 23.0. The molecule has 0 radical (unpaired) electrons. The molecule has 1 aliphatic carbocycles. The summed E-state index contributed by atoms with van der Waals surface area (Å²) in [5.74, 6) is 0.821. The molecule has 0 spiro atoms. The number of hydrogen-bond donors (Lipinski definition) is 3. The number of likely N-dealkylation sites (N-methyl/N-ethyl adjacent to an activating group) is 1. The Morgan fingerprint density at radius 1 is 1.20 bits per heavy atom. The van der Waals surface area contributed by atoms with Gasteiger partial charge in [-0.2, -0.15) is 0 Å². The number of nitrogens with zero attached hydrogens (tertiary/aromatic N) is 1. The highest BCUT2D eigenvalue weighted by molar-refractivity contribution is 7.80. The van der Waals surface area contributed by atoms with E-state index in [-0.39, 0.29) is 5.91 Å². The highest BCUT2D eigenvalue weighted by Gasteiger charge is 2.39. The predicted octanol–water partition coefficient (Wildman–Crippen LogP) is 3.43. The van der Waals surface area contributed by atoms with Crippen LogP contribution in [-0.2, 0) is 6.42 Å². The van der Waals surface area contributed by atoms with E-state index in [1.165, 1.54) is 22.0 Å². The van der Waals surface area contributed by atoms with Crippen LogP contribution in [0.5, 0.6) is 0 Å². The van der Waals surface area contributed by atoms with Crippen LogP contribution >= 0.6 is 12.2 Å². The molecule has 2 aliphatic rings. The van der Waals surface area contributed by atoms with Gasteiger partial charge in [0.15, 0.2) is 5.11 Å². The van der Waals surface area contributed by atoms with E-state index in [1.54, 1.807) is 12.1 Å². The number of aromatic nitrogens is 1. The van der Waals surface area contributed by atoms with E-state index in [4.69, 9.17) is 12.2 Å². The summed E-state index contributed by atoms with van der Waals surface area (Å²) in [5.41, 5.74) is 4.76. The second-order valence-electron chi connectivity index (χ2n) is 8.53. The van der Waals surface area contributed by atoms with E-state index < -0.39 is 0 Å². The summed E-state index contributed by atoms with van der Waals surface area (Å²) in [7, 11) is 2.23. The zero-order chi connectivity index (χ0) is 20.7. The van der Waals surface area contributed by atoms with Crippen molar-refractivity contribution in [2.45, 2.75) is 24.8 Å². The summed E-state index contributed by atoms with van der Waals surface area (Å²) < 4.78 is 0. The summed E-state index contributed by atoms with van der Waals surface area (Å²) in [4.78, 5) is 18.2. The van der Waals surface area contributed by atoms with E-state index >= 15 is 0 Å². The van der Waals surface area contributed by atoms with Crippen LogP contribution in [0.4, 0.5) is 0 Å². The first-order valence-electron chi connectivity index (χ1n) is 10.5. The number of hydrogen-bond acceptors (Lipinski definition) is 3. The van der Waals surface area contributed by atoms with Crippen LogP contribution < -0.4 is 10.6 Å². The fourth-order valence-electron chi connectivity index (χ4n) is 5.25. The maximum Gasteiger partial charge on any atom is 0.257 e. The molecular weight excluding hydrogens is 392 g/mol. The van der Waals surface area contributed by atoms with Crippen LogP contribution in [-0.4, -0.2) is 47.1 Å². The highest BCUT2D eigenvalue weighted by Crippen LogP contribution is 2.44. The Balaban J connectivity index is 1.25. The van der Waals surface area contributed by atoms with Gasteiger partial charge in [0.2, 0.25) is 0 Å². The number of thiocarbonyl (C=S) groups is 1. The van der Waals surface area contributed by atoms with Crippen LogP contribution in [0.15, 0.2) is 54.7 Å². The molecule has 0 saturated carbocycles. The molecule has 3 aromatic rings. The molecule has 3 atom stereocenters. The number of rotatable bonds is 3. The zero-order valence-corrected chi connectivity index (χ0v) is 17.8. The first-order valence-corrected chi connectivity index (χ1v) is 10.9. The number of benzene rings is 2. The summed E-state index contributed by atoms with van der Waals surface area (Å²) in [5, 5.41) is 7.89. The molecule has 5 rings (SSSR count). The van der Waals surface area contributed by atoms with Gasteiger partial charge < -0.3 is 15.2 Å². The second-order valence-corrected chi connectivity index (χ2v) is 8.94. The van der Waals surface area contributed by atoms with E-state index in [0.717, 1.165) is 25.9 Å². The summed E-state index contributed by atoms with van der Waals surface area (Å²) in [6, 6.07) is 16.3. The Morgan fingerprint density at radius 2 is 2.03 bits per heavy atom. The molecule has 1 unspecified atom stereocenters. The minimum atomic E-state index is -0.173. The molecule has 2 aromatic carbocycles. The van der Waals surface area contributed by atoms with Crippen LogP contribution in [0.3, 0.4) is 0 Å². The fraction of sp³-hybridized carbons (Fsp3) is 0.333. The van der Waals surface area contributed by atoms with Crippen molar-refractivity contribution < 1.29 is 4.79 Å². The minimum absolute atomic E-state index is 0.173. The minimum Gasteiger partial charge on any atom is -0.362 e. The van der Waals surface area contributed by atoms with Gasteiger partial charge in [0.25, 0.3) is 5.91 Å². The van der Waals surface area contributed by atoms with Gasteiger partial charge >= 0.3 is 0 Å². The van der Waals surface area contributed by atoms with Gasteiger partial charge in [-0.05, 0) is 67.4 Å². The maximum absolute atomic E-state index is 12.3. The van der Waals surface area contributed by atoms with Crippen LogP contribution in [0.25, 0.3) is 10.9 Å². The molecule has 154 valence electrons. The van der Waals surface area contributed by atoms with Crippen LogP contribution in [0.1, 0.15) is 33.8 Å². The Bertz CT molecular complexity index is 1090. The van der Waals surface area contributed by atoms with Gasteiger partial charge in [-0.1, -0.05) is 30.3 Å². The molecule has 1 aliphatic heterocycles. The fourth-order valence-corrected chi connectivity index (χ4v) is 5.42. The average Bonchev–Trinajstić information content (AvgIpc) is 3.18. The molecular formula is C24H26N4OS. The monoisotopic (exact) mass is 418 g/mol. The van der Waals surface area contributed by atoms with Gasteiger partial charge in [0.05, 0.1) is 0 Å². The van der Waals surface area contributed by atoms with Crippen molar-refractivity contribution in [2.24, 2.45) is 5.92 Å². The van der Waals surface area contributed by atoms with Crippen molar-refractivity contribution in [1.29, 1.82) is 0 Å². The lowest BCUT2D eigenvalue weighted by atomic mass is 9.72. The summed E-state index contributed by atoms with van der Waals surface area (Å²) >= 11 is 5.37. The predicted molar refractivity (Wildman–Crippen MR) is 124 cm³/mol. The lowest BCUT2D eigenvalue weighted by Crippen LogP contribution is -2.51. The molecule has 2 heterocycles. The number of carbonyl (C=O) groups is 1. The molecule has 1 aromatic heterocycles. The summed E-state index contributed by atoms with van der Waals surface area (Å²) in [6.07, 6.45) is 4.41. The van der Waals surface area contributed by atoms with Crippen LogP contribution in [0.2, 0.25) is 0 Å². The third kappa shape index (κ3) is 3.50. The van der Waals surface area contributed by atoms with Crippen molar-refractivity contribution in [3.63, 3.8) is 0 Å². The first-order chi connectivity index (χ1) is 14.6. The topological polar surface area (TPSA) is 60.2 Å². The van der Waals surface area contributed by atoms with Crippen molar-refractivity contribution in [2.75, 3.05) is 20.1 Å². The largest absolute Gasteiger partial charge is 0.362 e. The number of carbonyl (C=O) groups excluding carboxylic acids is 1. The Hall–Kier alpha value is -2.70. The molecule has 1 amide bonds. The Morgan fingerprint density at radius 3 is 2.87 bits per heavy atom. The van der Waals surface area contributed by atoms with Gasteiger partial charge in [-0.25, -0.2) is 0 Å². The molecule has 30 heavy (non-hydrogen) atoms. The molecule has 0 bridgehead atoms. The highest BCUT2D eigenvalue weighted by atomic mass is 32.1. The van der Waals surface area contributed by atoms with Gasteiger partial charge in [0.1, 0.15) is 0 Å². The van der Waals surface area contributed by atoms with E-state index in [0.29, 0.717) is 28.6 Å². The second kappa shape index (κ2) is 7.85. The van der Waals surface area contributed by atoms with E-state index in [2.05, 4.69) is 52.0 Å². The smallest absolute Gasteiger partial charge is 0.257 e. The van der Waals surface area contributed by atoms with Crippen molar-refractivity contribution in [3.8, 4) is 0 Å². The van der Waals surface area contributed by atoms with Gasteiger partial charge in [-0.15, -0.1) is 0 Å². The zero-order valence-electron chi connectivity index (χ0n) is 17.0.